The van der Waals surface area contributed by atoms with Crippen LogP contribution in [-0.4, -0.2) is 31.6 Å². The van der Waals surface area contributed by atoms with E-state index in [1.165, 1.54) is 30.4 Å². The van der Waals surface area contributed by atoms with Crippen LogP contribution >= 0.6 is 0 Å². The second-order valence-electron chi connectivity index (χ2n) is 7.24. The van der Waals surface area contributed by atoms with E-state index in [-0.39, 0.29) is 5.41 Å². The number of rotatable bonds is 5. The summed E-state index contributed by atoms with van der Waals surface area (Å²) in [6, 6.07) is 10.4. The molecule has 0 bridgehead atoms. The highest BCUT2D eigenvalue weighted by Crippen LogP contribution is 2.27. The van der Waals surface area contributed by atoms with Crippen LogP contribution in [0.3, 0.4) is 0 Å². The molecule has 0 aromatic heterocycles. The van der Waals surface area contributed by atoms with E-state index in [0.717, 1.165) is 12.6 Å². The largest absolute Gasteiger partial charge is 0.312 e. The second kappa shape index (κ2) is 6.28. The van der Waals surface area contributed by atoms with E-state index in [1.54, 1.807) is 0 Å². The average molecular weight is 274 g/mol. The summed E-state index contributed by atoms with van der Waals surface area (Å²) in [5.41, 5.74) is 3.03. The first-order chi connectivity index (χ1) is 9.41. The lowest BCUT2D eigenvalue weighted by Crippen LogP contribution is -2.41. The minimum absolute atomic E-state index is 0.233. The van der Waals surface area contributed by atoms with Gasteiger partial charge < -0.3 is 10.2 Å². The first-order valence-corrected chi connectivity index (χ1v) is 7.90. The maximum absolute atomic E-state index is 3.47. The van der Waals surface area contributed by atoms with Gasteiger partial charge in [-0.25, -0.2) is 0 Å². The first kappa shape index (κ1) is 15.5. The van der Waals surface area contributed by atoms with Crippen molar-refractivity contribution in [1.82, 2.24) is 10.2 Å². The van der Waals surface area contributed by atoms with Crippen molar-refractivity contribution >= 4 is 0 Å². The van der Waals surface area contributed by atoms with Gasteiger partial charge in [0.25, 0.3) is 0 Å². The predicted octanol–water partition coefficient (Wildman–Crippen LogP) is 3.73. The van der Waals surface area contributed by atoms with Crippen molar-refractivity contribution in [3.05, 3.63) is 35.4 Å². The van der Waals surface area contributed by atoms with Crippen LogP contribution in [0.2, 0.25) is 0 Å². The van der Waals surface area contributed by atoms with Gasteiger partial charge in [-0.05, 0) is 43.5 Å². The summed E-state index contributed by atoms with van der Waals surface area (Å²) in [5, 5.41) is 3.47. The normalized spacial score (nSPS) is 18.1. The molecule has 2 rings (SSSR count). The molecule has 1 aliphatic rings. The zero-order chi connectivity index (χ0) is 14.8. The van der Waals surface area contributed by atoms with Gasteiger partial charge >= 0.3 is 0 Å². The molecule has 112 valence electrons. The van der Waals surface area contributed by atoms with Gasteiger partial charge in [0, 0.05) is 18.6 Å². The maximum atomic E-state index is 3.47. The number of benzene rings is 1. The minimum Gasteiger partial charge on any atom is -0.312 e. The minimum atomic E-state index is 0.233. The Hall–Kier alpha value is -0.860. The summed E-state index contributed by atoms with van der Waals surface area (Å²) in [7, 11) is 4.33. The highest BCUT2D eigenvalue weighted by Gasteiger charge is 2.24. The number of nitrogens with one attached hydrogen (secondary N) is 1. The monoisotopic (exact) mass is 274 g/mol. The molecule has 0 radical (unpaired) electrons. The van der Waals surface area contributed by atoms with E-state index in [9.17, 15) is 0 Å². The molecule has 1 aromatic rings. The first-order valence-electron chi connectivity index (χ1n) is 7.90. The number of nitrogens with zero attached hydrogens (tertiary/aromatic N) is 1. The molecular weight excluding hydrogens is 244 g/mol. The Bertz CT molecular complexity index is 412. The molecule has 2 heteroatoms. The third kappa shape index (κ3) is 3.62. The van der Waals surface area contributed by atoms with Gasteiger partial charge in [-0.2, -0.15) is 0 Å². The standard InChI is InChI=1S/C18H30N2/c1-18(2,3)15-11-9-14(10-12-15)17(19-4)13-20(5)16-7-6-8-16/h9-12,16-17,19H,6-8,13H2,1-5H3. The Morgan fingerprint density at radius 3 is 2.20 bits per heavy atom. The summed E-state index contributed by atoms with van der Waals surface area (Å²) in [6.07, 6.45) is 4.14. The van der Waals surface area contributed by atoms with Gasteiger partial charge in [0.05, 0.1) is 0 Å². The third-order valence-corrected chi connectivity index (χ3v) is 4.70. The Morgan fingerprint density at radius 2 is 1.80 bits per heavy atom. The van der Waals surface area contributed by atoms with Gasteiger partial charge in [0.2, 0.25) is 0 Å². The van der Waals surface area contributed by atoms with Crippen LogP contribution in [0.4, 0.5) is 0 Å². The van der Waals surface area contributed by atoms with Crippen LogP contribution in [0.25, 0.3) is 0 Å². The van der Waals surface area contributed by atoms with Crippen molar-refractivity contribution in [2.75, 3.05) is 20.6 Å². The highest BCUT2D eigenvalue weighted by molar-refractivity contribution is 5.29. The Kier molecular flexibility index (Phi) is 4.87. The summed E-state index contributed by atoms with van der Waals surface area (Å²) < 4.78 is 0. The summed E-state index contributed by atoms with van der Waals surface area (Å²) in [4.78, 5) is 2.52. The fraction of sp³-hybridized carbons (Fsp3) is 0.667. The average Bonchev–Trinajstić information content (AvgIpc) is 2.33. The molecule has 1 N–H and O–H groups in total. The van der Waals surface area contributed by atoms with Crippen LogP contribution in [0, 0.1) is 0 Å². The lowest BCUT2D eigenvalue weighted by molar-refractivity contribution is 0.147. The molecule has 1 saturated carbocycles. The number of likely N-dealkylation sites (N-methyl/N-ethyl adjacent to an activating group) is 2. The molecule has 0 heterocycles. The lowest BCUT2D eigenvalue weighted by atomic mass is 9.86. The van der Waals surface area contributed by atoms with Gasteiger partial charge in [-0.3, -0.25) is 0 Å². The van der Waals surface area contributed by atoms with Gasteiger partial charge in [0.15, 0.2) is 0 Å². The zero-order valence-corrected chi connectivity index (χ0v) is 13.7. The van der Waals surface area contributed by atoms with Crippen LogP contribution in [0.5, 0.6) is 0 Å². The fourth-order valence-electron chi connectivity index (χ4n) is 2.84. The second-order valence-corrected chi connectivity index (χ2v) is 7.24. The highest BCUT2D eigenvalue weighted by atomic mass is 15.2. The van der Waals surface area contributed by atoms with Crippen LogP contribution in [0.1, 0.15) is 57.2 Å². The Morgan fingerprint density at radius 1 is 1.20 bits per heavy atom. The maximum Gasteiger partial charge on any atom is 0.0446 e. The summed E-state index contributed by atoms with van der Waals surface area (Å²) in [6.45, 7) is 7.89. The molecule has 1 fully saturated rings. The number of hydrogen-bond acceptors (Lipinski definition) is 2. The Labute approximate surface area is 124 Å². The fourth-order valence-corrected chi connectivity index (χ4v) is 2.84. The van der Waals surface area contributed by atoms with Crippen molar-refractivity contribution in [3.8, 4) is 0 Å². The molecule has 20 heavy (non-hydrogen) atoms. The summed E-state index contributed by atoms with van der Waals surface area (Å²) >= 11 is 0. The van der Waals surface area contributed by atoms with Crippen molar-refractivity contribution in [2.24, 2.45) is 0 Å². The van der Waals surface area contributed by atoms with Crippen molar-refractivity contribution in [2.45, 2.75) is 57.5 Å². The van der Waals surface area contributed by atoms with Crippen LogP contribution < -0.4 is 5.32 Å². The quantitative estimate of drug-likeness (QED) is 0.880. The molecule has 0 spiro atoms. The van der Waals surface area contributed by atoms with E-state index in [1.807, 2.05) is 0 Å². The van der Waals surface area contributed by atoms with E-state index in [2.05, 4.69) is 69.3 Å². The smallest absolute Gasteiger partial charge is 0.0446 e. The van der Waals surface area contributed by atoms with E-state index < -0.39 is 0 Å². The number of hydrogen-bond donors (Lipinski definition) is 1. The third-order valence-electron chi connectivity index (χ3n) is 4.70. The van der Waals surface area contributed by atoms with Crippen LogP contribution in [-0.2, 0) is 5.41 Å². The lowest BCUT2D eigenvalue weighted by Gasteiger charge is -2.37. The van der Waals surface area contributed by atoms with E-state index in [0.29, 0.717) is 6.04 Å². The van der Waals surface area contributed by atoms with Crippen molar-refractivity contribution < 1.29 is 0 Å². The topological polar surface area (TPSA) is 15.3 Å². The molecule has 1 aliphatic carbocycles. The van der Waals surface area contributed by atoms with Crippen LogP contribution in [0.15, 0.2) is 24.3 Å². The van der Waals surface area contributed by atoms with Gasteiger partial charge in [0.1, 0.15) is 0 Å². The molecule has 0 saturated heterocycles. The summed E-state index contributed by atoms with van der Waals surface area (Å²) in [5.74, 6) is 0. The molecule has 1 unspecified atom stereocenters. The molecular formula is C18H30N2. The van der Waals surface area contributed by atoms with Crippen molar-refractivity contribution in [1.29, 1.82) is 0 Å². The predicted molar refractivity (Wildman–Crippen MR) is 87.2 cm³/mol. The SMILES string of the molecule is CNC(CN(C)C1CCC1)c1ccc(C(C)(C)C)cc1. The van der Waals surface area contributed by atoms with E-state index >= 15 is 0 Å². The molecule has 1 atom stereocenters. The molecule has 1 aromatic carbocycles. The molecule has 2 nitrogen and oxygen atoms in total. The van der Waals surface area contributed by atoms with Gasteiger partial charge in [-0.1, -0.05) is 51.5 Å². The van der Waals surface area contributed by atoms with Gasteiger partial charge in [-0.15, -0.1) is 0 Å². The molecule has 0 aliphatic heterocycles. The zero-order valence-electron chi connectivity index (χ0n) is 13.7. The van der Waals surface area contributed by atoms with Crippen molar-refractivity contribution in [3.63, 3.8) is 0 Å². The van der Waals surface area contributed by atoms with E-state index in [4.69, 9.17) is 0 Å². The Balaban J connectivity index is 2.03. The molecule has 0 amide bonds.